The van der Waals surface area contributed by atoms with Crippen LogP contribution in [0.5, 0.6) is 0 Å². The molecule has 120 valence electrons. The molecule has 0 saturated carbocycles. The van der Waals surface area contributed by atoms with Crippen molar-refractivity contribution in [2.24, 2.45) is 31.7 Å². The van der Waals surface area contributed by atoms with E-state index in [1.165, 1.54) is 23.1 Å². The second-order valence-corrected chi connectivity index (χ2v) is 6.71. The monoisotopic (exact) mass is 395 g/mol. The number of guanidine groups is 1. The van der Waals surface area contributed by atoms with E-state index in [-0.39, 0.29) is 53.8 Å². The van der Waals surface area contributed by atoms with Gasteiger partial charge in [-0.3, -0.25) is 0 Å². The molecule has 0 aliphatic heterocycles. The van der Waals surface area contributed by atoms with Gasteiger partial charge < -0.3 is 29.6 Å². The summed E-state index contributed by atoms with van der Waals surface area (Å²) in [6.07, 6.45) is 0.325. The first-order valence-corrected chi connectivity index (χ1v) is 8.79. The molecule has 1 rings (SSSR count). The third-order valence-electron chi connectivity index (χ3n) is 1.76. The van der Waals surface area contributed by atoms with Crippen LogP contribution in [0.4, 0.5) is 5.13 Å². The van der Waals surface area contributed by atoms with Gasteiger partial charge in [0.1, 0.15) is 5.84 Å². The Hall–Kier alpha value is -0.0800. The summed E-state index contributed by atoms with van der Waals surface area (Å²) < 4.78 is 24.5. The van der Waals surface area contributed by atoms with E-state index in [2.05, 4.69) is 14.4 Å². The SMILES string of the molecule is NC(N)=Nc1nc(CSCC/C(N)=N/S(N)(=O)=O)cs1.[Cl-].[Na+]. The Morgan fingerprint density at radius 2 is 2.00 bits per heavy atom. The fraction of sp³-hybridized carbons (Fsp3) is 0.375. The van der Waals surface area contributed by atoms with E-state index in [1.807, 2.05) is 5.38 Å². The van der Waals surface area contributed by atoms with Gasteiger partial charge in [-0.2, -0.15) is 25.2 Å². The fourth-order valence-electron chi connectivity index (χ4n) is 1.09. The molecule has 0 saturated heterocycles. The number of hydrogen-bond donors (Lipinski definition) is 4. The van der Waals surface area contributed by atoms with Crippen LogP contribution in [0.25, 0.3) is 0 Å². The summed E-state index contributed by atoms with van der Waals surface area (Å²) in [5.74, 6) is 1.18. The summed E-state index contributed by atoms with van der Waals surface area (Å²) in [7, 11) is -3.92. The molecule has 0 unspecified atom stereocenters. The van der Waals surface area contributed by atoms with Gasteiger partial charge in [0.15, 0.2) is 5.96 Å². The molecule has 9 nitrogen and oxygen atoms in total. The third-order valence-corrected chi connectivity index (χ3v) is 4.03. The molecule has 0 aliphatic carbocycles. The van der Waals surface area contributed by atoms with Crippen LogP contribution in [-0.4, -0.2) is 30.9 Å². The first kappa shape index (κ1) is 24.2. The maximum absolute atomic E-state index is 10.6. The summed E-state index contributed by atoms with van der Waals surface area (Å²) in [4.78, 5) is 8.03. The minimum Gasteiger partial charge on any atom is -1.00 e. The van der Waals surface area contributed by atoms with E-state index in [0.29, 0.717) is 23.1 Å². The largest absolute Gasteiger partial charge is 1.00 e. The van der Waals surface area contributed by atoms with Crippen molar-refractivity contribution in [1.29, 1.82) is 0 Å². The van der Waals surface area contributed by atoms with Gasteiger partial charge in [-0.05, 0) is 0 Å². The first-order chi connectivity index (χ1) is 9.26. The number of halogens is 1. The molecule has 0 fully saturated rings. The van der Waals surface area contributed by atoms with Gasteiger partial charge in [0, 0.05) is 23.3 Å². The number of amidine groups is 1. The molecule has 1 aromatic rings. The van der Waals surface area contributed by atoms with Gasteiger partial charge in [0.2, 0.25) is 5.13 Å². The Balaban J connectivity index is 0. The average Bonchev–Trinajstić information content (AvgIpc) is 2.68. The van der Waals surface area contributed by atoms with Gasteiger partial charge >= 0.3 is 39.8 Å². The van der Waals surface area contributed by atoms with Crippen LogP contribution in [0.1, 0.15) is 12.1 Å². The number of aliphatic imine (C=N–C) groups is 1. The number of rotatable bonds is 7. The van der Waals surface area contributed by atoms with Crippen LogP contribution >= 0.6 is 23.1 Å². The Labute approximate surface area is 165 Å². The number of nitrogens with zero attached hydrogens (tertiary/aromatic N) is 3. The van der Waals surface area contributed by atoms with E-state index < -0.39 is 10.2 Å². The Morgan fingerprint density at radius 1 is 1.36 bits per heavy atom. The normalized spacial score (nSPS) is 11.2. The van der Waals surface area contributed by atoms with Gasteiger partial charge in [0.25, 0.3) is 0 Å². The van der Waals surface area contributed by atoms with Crippen molar-refractivity contribution in [3.05, 3.63) is 11.1 Å². The van der Waals surface area contributed by atoms with Crippen molar-refractivity contribution < 1.29 is 50.4 Å². The van der Waals surface area contributed by atoms with Crippen LogP contribution in [0.2, 0.25) is 0 Å². The zero-order chi connectivity index (χ0) is 15.2. The van der Waals surface area contributed by atoms with Crippen LogP contribution < -0.4 is 64.3 Å². The Bertz CT molecular complexity index is 615. The minimum atomic E-state index is -3.92. The van der Waals surface area contributed by atoms with E-state index in [4.69, 9.17) is 22.3 Å². The second kappa shape index (κ2) is 11.5. The maximum atomic E-state index is 10.6. The van der Waals surface area contributed by atoms with Crippen molar-refractivity contribution >= 4 is 50.2 Å². The minimum absolute atomic E-state index is 0. The molecular weight excluding hydrogens is 381 g/mol. The number of aromatic nitrogens is 1. The Kier molecular flexibility index (Phi) is 12.6. The topological polar surface area (TPSA) is 176 Å². The van der Waals surface area contributed by atoms with Gasteiger partial charge in [-0.25, -0.2) is 10.1 Å². The number of thioether (sulfide) groups is 1. The molecule has 0 spiro atoms. The van der Waals surface area contributed by atoms with E-state index in [0.717, 1.165) is 5.69 Å². The first-order valence-electron chi connectivity index (χ1n) is 5.25. The second-order valence-electron chi connectivity index (χ2n) is 3.56. The van der Waals surface area contributed by atoms with Crippen LogP contribution in [0.15, 0.2) is 14.8 Å². The van der Waals surface area contributed by atoms with Crippen molar-refractivity contribution in [3.63, 3.8) is 0 Å². The zero-order valence-electron chi connectivity index (χ0n) is 11.8. The smallest absolute Gasteiger partial charge is 1.00 e. The molecule has 0 radical (unpaired) electrons. The van der Waals surface area contributed by atoms with E-state index >= 15 is 0 Å². The number of hydrogen-bond acceptors (Lipinski definition) is 6. The predicted octanol–water partition coefficient (Wildman–Crippen LogP) is -6.76. The van der Waals surface area contributed by atoms with Crippen LogP contribution in [0.3, 0.4) is 0 Å². The Morgan fingerprint density at radius 3 is 2.55 bits per heavy atom. The molecule has 8 N–H and O–H groups in total. The van der Waals surface area contributed by atoms with Crippen molar-refractivity contribution in [2.45, 2.75) is 12.2 Å². The number of nitrogens with two attached hydrogens (primary N) is 4. The quantitative estimate of drug-likeness (QED) is 0.153. The summed E-state index contributed by atoms with van der Waals surface area (Å²) in [6, 6.07) is 0. The molecule has 0 aromatic carbocycles. The van der Waals surface area contributed by atoms with Crippen molar-refractivity contribution in [3.8, 4) is 0 Å². The molecule has 0 bridgehead atoms. The van der Waals surface area contributed by atoms with Gasteiger partial charge in [-0.15, -0.1) is 15.7 Å². The molecule has 22 heavy (non-hydrogen) atoms. The van der Waals surface area contributed by atoms with Gasteiger partial charge in [-0.1, -0.05) is 0 Å². The van der Waals surface area contributed by atoms with Crippen molar-refractivity contribution in [2.75, 3.05) is 5.75 Å². The summed E-state index contributed by atoms with van der Waals surface area (Å²) in [5.41, 5.74) is 16.7. The molecule has 0 atom stereocenters. The fourth-order valence-corrected chi connectivity index (χ4v) is 3.17. The third kappa shape index (κ3) is 11.5. The number of thiazole rings is 1. The van der Waals surface area contributed by atoms with Gasteiger partial charge in [0.05, 0.1) is 5.69 Å². The molecular formula is C8H15ClN7NaO2S3. The molecule has 0 aliphatic rings. The van der Waals surface area contributed by atoms with Crippen LogP contribution in [0, 0.1) is 0 Å². The van der Waals surface area contributed by atoms with E-state index in [1.54, 1.807) is 0 Å². The zero-order valence-corrected chi connectivity index (χ0v) is 17.0. The molecule has 1 aromatic heterocycles. The van der Waals surface area contributed by atoms with E-state index in [9.17, 15) is 8.42 Å². The predicted molar refractivity (Wildman–Crippen MR) is 83.1 cm³/mol. The van der Waals surface area contributed by atoms with Crippen molar-refractivity contribution in [1.82, 2.24) is 4.98 Å². The van der Waals surface area contributed by atoms with Crippen LogP contribution in [-0.2, 0) is 16.0 Å². The standard InChI is InChI=1S/C8H15N7O2S3.ClH.Na/c9-6(15-20(12,16)17)1-2-18-3-5-4-19-8(13-5)14-7(10)11;;/h4H,1-3H2,(H2,9,15)(H2,12,16,17)(H4,10,11,13,14);1H;/q;;+1/p-1. The average molecular weight is 396 g/mol. The summed E-state index contributed by atoms with van der Waals surface area (Å²) in [6.45, 7) is 0. The molecule has 0 amide bonds. The maximum Gasteiger partial charge on any atom is 1.00 e. The molecule has 14 heteroatoms. The molecule has 1 heterocycles. The summed E-state index contributed by atoms with van der Waals surface area (Å²) >= 11 is 2.86. The summed E-state index contributed by atoms with van der Waals surface area (Å²) in [5, 5.41) is 7.07.